The van der Waals surface area contributed by atoms with Gasteiger partial charge in [0, 0.05) is 0 Å². The molecule has 4 nitrogen and oxygen atoms in total. The van der Waals surface area contributed by atoms with Crippen molar-refractivity contribution in [3.8, 4) is 5.75 Å². The predicted molar refractivity (Wildman–Crippen MR) is 53.1 cm³/mol. The number of nitrogens with zero attached hydrogens (tertiary/aromatic N) is 1. The van der Waals surface area contributed by atoms with Gasteiger partial charge in [-0.25, -0.2) is 4.79 Å². The second kappa shape index (κ2) is 3.26. The lowest BCUT2D eigenvalue weighted by Crippen LogP contribution is -1.97. The van der Waals surface area contributed by atoms with E-state index in [1.165, 1.54) is 7.11 Å². The molecule has 72 valence electrons. The molecule has 0 spiro atoms. The Labute approximate surface area is 83.9 Å². The summed E-state index contributed by atoms with van der Waals surface area (Å²) in [6.45, 7) is 0. The summed E-state index contributed by atoms with van der Waals surface area (Å²) in [5, 5.41) is 9.46. The van der Waals surface area contributed by atoms with E-state index in [1.807, 2.05) is 12.1 Å². The van der Waals surface area contributed by atoms with Gasteiger partial charge in [0.15, 0.2) is 5.69 Å². The van der Waals surface area contributed by atoms with Gasteiger partial charge in [0.05, 0.1) is 17.2 Å². The third kappa shape index (κ3) is 1.22. The minimum Gasteiger partial charge on any atom is -0.496 e. The average molecular weight is 209 g/mol. The molecule has 0 aliphatic heterocycles. The van der Waals surface area contributed by atoms with Gasteiger partial charge in [-0.05, 0) is 23.7 Å². The molecule has 1 N–H and O–H groups in total. The Morgan fingerprint density at radius 1 is 1.57 bits per heavy atom. The van der Waals surface area contributed by atoms with Crippen molar-refractivity contribution < 1.29 is 14.6 Å². The molecule has 14 heavy (non-hydrogen) atoms. The first-order chi connectivity index (χ1) is 6.74. The number of rotatable bonds is 2. The molecular weight excluding hydrogens is 202 g/mol. The van der Waals surface area contributed by atoms with Crippen molar-refractivity contribution in [1.29, 1.82) is 0 Å². The first kappa shape index (κ1) is 8.96. The van der Waals surface area contributed by atoms with Crippen molar-refractivity contribution in [3.05, 3.63) is 23.9 Å². The molecule has 0 fully saturated rings. The number of ether oxygens (including phenoxy) is 1. The van der Waals surface area contributed by atoms with Crippen molar-refractivity contribution in [1.82, 2.24) is 4.37 Å². The van der Waals surface area contributed by atoms with Crippen LogP contribution in [0, 0.1) is 0 Å². The number of carboxylic acid groups (broad SMARTS) is 1. The van der Waals surface area contributed by atoms with Gasteiger partial charge in [0.25, 0.3) is 0 Å². The maximum atomic E-state index is 10.8. The Balaban J connectivity index is 2.81. The number of aromatic nitrogens is 1. The molecule has 0 amide bonds. The summed E-state index contributed by atoms with van der Waals surface area (Å²) in [4.78, 5) is 10.8. The molecule has 0 bridgehead atoms. The van der Waals surface area contributed by atoms with E-state index in [0.29, 0.717) is 11.1 Å². The van der Waals surface area contributed by atoms with Gasteiger partial charge in [0.1, 0.15) is 5.75 Å². The maximum absolute atomic E-state index is 10.8. The van der Waals surface area contributed by atoms with Crippen LogP contribution >= 0.6 is 11.5 Å². The van der Waals surface area contributed by atoms with Gasteiger partial charge < -0.3 is 9.84 Å². The highest BCUT2D eigenvalue weighted by atomic mass is 32.1. The van der Waals surface area contributed by atoms with Crippen molar-refractivity contribution in [2.24, 2.45) is 0 Å². The first-order valence-electron chi connectivity index (χ1n) is 3.89. The second-order valence-electron chi connectivity index (χ2n) is 2.67. The van der Waals surface area contributed by atoms with Crippen molar-refractivity contribution in [2.45, 2.75) is 0 Å². The Bertz CT molecular complexity index is 492. The molecular formula is C9H7NO3S. The number of fused-ring (bicyclic) bond motifs is 1. The van der Waals surface area contributed by atoms with Gasteiger partial charge in [-0.3, -0.25) is 0 Å². The van der Waals surface area contributed by atoms with Gasteiger partial charge in [0.2, 0.25) is 0 Å². The quantitative estimate of drug-likeness (QED) is 0.821. The summed E-state index contributed by atoms with van der Waals surface area (Å²) < 4.78 is 9.77. The molecule has 0 unspecified atom stereocenters. The monoisotopic (exact) mass is 209 g/mol. The highest BCUT2D eigenvalue weighted by Crippen LogP contribution is 2.31. The molecule has 1 aromatic carbocycles. The molecule has 0 saturated carbocycles. The van der Waals surface area contributed by atoms with Crippen LogP contribution in [-0.2, 0) is 0 Å². The fraction of sp³-hybridized carbons (Fsp3) is 0.111. The third-order valence-electron chi connectivity index (χ3n) is 1.88. The normalized spacial score (nSPS) is 10.4. The molecule has 5 heteroatoms. The number of methoxy groups -OCH3 is 1. The van der Waals surface area contributed by atoms with E-state index in [9.17, 15) is 4.79 Å². The molecule has 1 aromatic heterocycles. The highest BCUT2D eigenvalue weighted by Gasteiger charge is 2.16. The highest BCUT2D eigenvalue weighted by molar-refractivity contribution is 7.13. The largest absolute Gasteiger partial charge is 0.496 e. The van der Waals surface area contributed by atoms with E-state index in [1.54, 1.807) is 6.07 Å². The zero-order chi connectivity index (χ0) is 10.1. The lowest BCUT2D eigenvalue weighted by atomic mass is 10.2. The van der Waals surface area contributed by atoms with Crippen LogP contribution in [0.25, 0.3) is 10.1 Å². The van der Waals surface area contributed by atoms with E-state index in [4.69, 9.17) is 9.84 Å². The zero-order valence-corrected chi connectivity index (χ0v) is 8.17. The van der Waals surface area contributed by atoms with Crippen molar-refractivity contribution >= 4 is 27.6 Å². The summed E-state index contributed by atoms with van der Waals surface area (Å²) in [7, 11) is 1.51. The van der Waals surface area contributed by atoms with Gasteiger partial charge >= 0.3 is 5.97 Å². The summed E-state index contributed by atoms with van der Waals surface area (Å²) in [6.07, 6.45) is 0. The summed E-state index contributed by atoms with van der Waals surface area (Å²) >= 11 is 1.16. The SMILES string of the molecule is COc1cccc2snc(C(=O)O)c12. The van der Waals surface area contributed by atoms with Crippen molar-refractivity contribution in [2.75, 3.05) is 7.11 Å². The van der Waals surface area contributed by atoms with Gasteiger partial charge in [-0.15, -0.1) is 0 Å². The minimum atomic E-state index is -1.03. The van der Waals surface area contributed by atoms with Crippen LogP contribution in [0.5, 0.6) is 5.75 Å². The molecule has 0 atom stereocenters. The van der Waals surface area contributed by atoms with Crippen LogP contribution in [0.15, 0.2) is 18.2 Å². The van der Waals surface area contributed by atoms with E-state index in [0.717, 1.165) is 16.2 Å². The lowest BCUT2D eigenvalue weighted by molar-refractivity contribution is 0.0694. The Morgan fingerprint density at radius 2 is 2.36 bits per heavy atom. The fourth-order valence-electron chi connectivity index (χ4n) is 1.28. The predicted octanol–water partition coefficient (Wildman–Crippen LogP) is 2.00. The van der Waals surface area contributed by atoms with E-state index in [2.05, 4.69) is 4.37 Å². The lowest BCUT2D eigenvalue weighted by Gasteiger charge is -2.00. The molecule has 0 aliphatic carbocycles. The number of carboxylic acids is 1. The first-order valence-corrected chi connectivity index (χ1v) is 4.67. The maximum Gasteiger partial charge on any atom is 0.356 e. The summed E-state index contributed by atoms with van der Waals surface area (Å²) in [5.74, 6) is -0.477. The van der Waals surface area contributed by atoms with E-state index in [-0.39, 0.29) is 5.69 Å². The second-order valence-corrected chi connectivity index (χ2v) is 3.47. The van der Waals surface area contributed by atoms with E-state index >= 15 is 0 Å². The zero-order valence-electron chi connectivity index (χ0n) is 7.35. The smallest absolute Gasteiger partial charge is 0.356 e. The molecule has 0 aliphatic rings. The molecule has 2 aromatic rings. The number of benzene rings is 1. The number of aromatic carboxylic acids is 1. The fourth-order valence-corrected chi connectivity index (χ4v) is 2.06. The molecule has 2 rings (SSSR count). The van der Waals surface area contributed by atoms with Crippen molar-refractivity contribution in [3.63, 3.8) is 0 Å². The van der Waals surface area contributed by atoms with Crippen LogP contribution < -0.4 is 4.74 Å². The summed E-state index contributed by atoms with van der Waals surface area (Å²) in [6, 6.07) is 5.36. The Hall–Kier alpha value is -1.62. The van der Waals surface area contributed by atoms with Crippen LogP contribution in [0.4, 0.5) is 0 Å². The van der Waals surface area contributed by atoms with Crippen LogP contribution in [-0.4, -0.2) is 22.6 Å². The topological polar surface area (TPSA) is 59.4 Å². The standard InChI is InChI=1S/C9H7NO3S/c1-13-5-3-2-4-6-7(5)8(9(11)12)10-14-6/h2-4H,1H3,(H,11,12). The number of carbonyl (C=O) groups is 1. The number of hydrogen-bond donors (Lipinski definition) is 1. The van der Waals surface area contributed by atoms with Gasteiger partial charge in [-0.2, -0.15) is 4.37 Å². The Kier molecular flexibility index (Phi) is 2.09. The Morgan fingerprint density at radius 3 is 3.00 bits per heavy atom. The summed E-state index contributed by atoms with van der Waals surface area (Å²) in [5.41, 5.74) is 0.0578. The average Bonchev–Trinajstić information content (AvgIpc) is 2.60. The van der Waals surface area contributed by atoms with Gasteiger partial charge in [-0.1, -0.05) is 6.07 Å². The van der Waals surface area contributed by atoms with Crippen LogP contribution in [0.2, 0.25) is 0 Å². The number of hydrogen-bond acceptors (Lipinski definition) is 4. The minimum absolute atomic E-state index is 0.0578. The molecule has 0 radical (unpaired) electrons. The molecule has 1 heterocycles. The third-order valence-corrected chi connectivity index (χ3v) is 2.69. The molecule has 0 saturated heterocycles. The van der Waals surface area contributed by atoms with Crippen LogP contribution in [0.3, 0.4) is 0 Å². The van der Waals surface area contributed by atoms with Crippen LogP contribution in [0.1, 0.15) is 10.5 Å². The van der Waals surface area contributed by atoms with E-state index < -0.39 is 5.97 Å².